The van der Waals surface area contributed by atoms with Crippen LogP contribution in [-0.2, 0) is 4.74 Å². The van der Waals surface area contributed by atoms with E-state index >= 15 is 0 Å². The van der Waals surface area contributed by atoms with Gasteiger partial charge in [0.25, 0.3) is 0 Å². The van der Waals surface area contributed by atoms with Crippen LogP contribution in [0.1, 0.15) is 168 Å². The number of hydrogen-bond donors (Lipinski definition) is 0. The highest BCUT2D eigenvalue weighted by atomic mass is 16.5. The number of allylic oxidation sites excluding steroid dienone is 5. The molecular formula is C37H71NO. The summed E-state index contributed by atoms with van der Waals surface area (Å²) in [6, 6.07) is 0. The van der Waals surface area contributed by atoms with Crippen molar-refractivity contribution < 1.29 is 4.74 Å². The van der Waals surface area contributed by atoms with Crippen LogP contribution in [0.2, 0.25) is 0 Å². The highest BCUT2D eigenvalue weighted by Gasteiger charge is 2.09. The van der Waals surface area contributed by atoms with Gasteiger partial charge in [-0.3, -0.25) is 0 Å². The molecule has 39 heavy (non-hydrogen) atoms. The average Bonchev–Trinajstić information content (AvgIpc) is 2.93. The quantitative estimate of drug-likeness (QED) is 0.0488. The number of rotatable bonds is 31. The molecule has 0 saturated heterocycles. The van der Waals surface area contributed by atoms with Gasteiger partial charge in [0, 0.05) is 0 Å². The number of hydrogen-bond acceptors (Lipinski definition) is 2. The summed E-state index contributed by atoms with van der Waals surface area (Å²) in [6.45, 7) is 6.64. The highest BCUT2D eigenvalue weighted by molar-refractivity contribution is 4.92. The molecule has 2 nitrogen and oxygen atoms in total. The van der Waals surface area contributed by atoms with Crippen LogP contribution in [0.3, 0.4) is 0 Å². The summed E-state index contributed by atoms with van der Waals surface area (Å²) in [7, 11) is 4.29. The minimum atomic E-state index is 0.738. The molecule has 0 amide bonds. The lowest BCUT2D eigenvalue weighted by atomic mass is 9.94. The van der Waals surface area contributed by atoms with Gasteiger partial charge < -0.3 is 9.64 Å². The van der Waals surface area contributed by atoms with Gasteiger partial charge in [0.1, 0.15) is 0 Å². The molecule has 2 heteroatoms. The van der Waals surface area contributed by atoms with E-state index in [-0.39, 0.29) is 0 Å². The zero-order valence-electron chi connectivity index (χ0n) is 27.3. The molecule has 0 N–H and O–H groups in total. The van der Waals surface area contributed by atoms with Crippen molar-refractivity contribution in [3.8, 4) is 0 Å². The first-order valence-electron chi connectivity index (χ1n) is 17.4. The molecule has 0 aromatic rings. The van der Waals surface area contributed by atoms with Crippen LogP contribution in [0.15, 0.2) is 36.6 Å². The van der Waals surface area contributed by atoms with Gasteiger partial charge in [-0.1, -0.05) is 134 Å². The van der Waals surface area contributed by atoms with Crippen LogP contribution in [0.4, 0.5) is 0 Å². The maximum Gasteiger partial charge on any atom is 0.0901 e. The van der Waals surface area contributed by atoms with Gasteiger partial charge in [-0.15, -0.1) is 0 Å². The van der Waals surface area contributed by atoms with E-state index in [0.717, 1.165) is 31.9 Å². The monoisotopic (exact) mass is 546 g/mol. The van der Waals surface area contributed by atoms with Gasteiger partial charge >= 0.3 is 0 Å². The Labute approximate surface area is 247 Å². The molecule has 0 aromatic heterocycles. The molecule has 230 valence electrons. The Hall–Kier alpha value is -1.02. The molecule has 0 saturated carbocycles. The Morgan fingerprint density at radius 3 is 1.54 bits per heavy atom. The van der Waals surface area contributed by atoms with Gasteiger partial charge in [-0.2, -0.15) is 0 Å². The number of nitrogens with zero attached hydrogens (tertiary/aromatic N) is 1. The fourth-order valence-electron chi connectivity index (χ4n) is 5.15. The van der Waals surface area contributed by atoms with Gasteiger partial charge in [0.15, 0.2) is 0 Å². The Morgan fingerprint density at radius 1 is 0.513 bits per heavy atom. The van der Waals surface area contributed by atoms with Crippen LogP contribution in [-0.4, -0.2) is 32.1 Å². The third-order valence-corrected chi connectivity index (χ3v) is 7.78. The lowest BCUT2D eigenvalue weighted by Crippen LogP contribution is -2.12. The number of unbranched alkanes of at least 4 members (excludes halogenated alkanes) is 17. The van der Waals surface area contributed by atoms with E-state index in [1.165, 1.54) is 141 Å². The third-order valence-electron chi connectivity index (χ3n) is 7.78. The van der Waals surface area contributed by atoms with Crippen molar-refractivity contribution in [2.24, 2.45) is 5.92 Å². The first-order valence-corrected chi connectivity index (χ1v) is 17.4. The molecule has 0 fully saturated rings. The van der Waals surface area contributed by atoms with E-state index in [1.807, 2.05) is 6.26 Å². The molecule has 0 bridgehead atoms. The van der Waals surface area contributed by atoms with E-state index in [4.69, 9.17) is 4.74 Å². The molecular weight excluding hydrogens is 474 g/mol. The molecule has 0 aromatic carbocycles. The van der Waals surface area contributed by atoms with Gasteiger partial charge in [-0.25, -0.2) is 0 Å². The average molecular weight is 546 g/mol. The summed E-state index contributed by atoms with van der Waals surface area (Å²) >= 11 is 0. The topological polar surface area (TPSA) is 12.5 Å². The van der Waals surface area contributed by atoms with Crippen molar-refractivity contribution in [1.29, 1.82) is 0 Å². The highest BCUT2D eigenvalue weighted by Crippen LogP contribution is 2.20. The van der Waals surface area contributed by atoms with Gasteiger partial charge in [0.2, 0.25) is 0 Å². The molecule has 0 aliphatic rings. The van der Waals surface area contributed by atoms with Crippen LogP contribution in [0, 0.1) is 5.92 Å². The normalized spacial score (nSPS) is 13.1. The molecule has 0 aliphatic heterocycles. The minimum Gasteiger partial charge on any atom is -0.501 e. The van der Waals surface area contributed by atoms with Crippen LogP contribution < -0.4 is 0 Å². The molecule has 1 unspecified atom stereocenters. The van der Waals surface area contributed by atoms with Crippen LogP contribution in [0.25, 0.3) is 0 Å². The molecule has 1 atom stereocenters. The maximum absolute atomic E-state index is 6.00. The first kappa shape index (κ1) is 38.0. The standard InChI is InChI=1S/C37H71NO/c1-5-7-9-11-13-15-16-17-18-19-20-21-22-24-26-29-33-37(32-28-25-23-14-12-10-8-6-2)36-39-35-31-27-30-34-38(3)4/h13,15,17-18,31,35,37H,5-12,14,16,19-30,32-34,36H2,1-4H3/b15-13-,18-17-,35-31+. The van der Waals surface area contributed by atoms with Gasteiger partial charge in [-0.05, 0) is 90.4 Å². The summed E-state index contributed by atoms with van der Waals surface area (Å²) in [6.07, 6.45) is 45.9. The van der Waals surface area contributed by atoms with Crippen LogP contribution >= 0.6 is 0 Å². The predicted molar refractivity (Wildman–Crippen MR) is 178 cm³/mol. The second-order valence-corrected chi connectivity index (χ2v) is 12.2. The predicted octanol–water partition coefficient (Wildman–Crippen LogP) is 12.2. The zero-order chi connectivity index (χ0) is 28.5. The molecule has 0 spiro atoms. The van der Waals surface area contributed by atoms with Crippen molar-refractivity contribution in [2.75, 3.05) is 27.2 Å². The summed E-state index contributed by atoms with van der Waals surface area (Å²) in [4.78, 5) is 2.25. The van der Waals surface area contributed by atoms with Crippen molar-refractivity contribution in [3.63, 3.8) is 0 Å². The SMILES string of the molecule is CCCCC/C=C\C/C=C\CCCCCCCCC(CCCCCCCCCC)CO/C=C/CCCN(C)C. The Balaban J connectivity index is 3.92. The summed E-state index contributed by atoms with van der Waals surface area (Å²) in [5.74, 6) is 0.738. The van der Waals surface area contributed by atoms with E-state index in [9.17, 15) is 0 Å². The number of ether oxygens (including phenoxy) is 1. The summed E-state index contributed by atoms with van der Waals surface area (Å²) < 4.78 is 6.00. The lowest BCUT2D eigenvalue weighted by molar-refractivity contribution is 0.176. The fourth-order valence-corrected chi connectivity index (χ4v) is 5.15. The Bertz CT molecular complexity index is 536. The lowest BCUT2D eigenvalue weighted by Gasteiger charge is -2.16. The molecule has 0 heterocycles. The molecule has 0 aliphatic carbocycles. The van der Waals surface area contributed by atoms with Crippen molar-refractivity contribution in [1.82, 2.24) is 4.90 Å². The molecule has 0 radical (unpaired) electrons. The smallest absolute Gasteiger partial charge is 0.0901 e. The first-order chi connectivity index (χ1) is 19.2. The van der Waals surface area contributed by atoms with E-state index in [0.29, 0.717) is 0 Å². The van der Waals surface area contributed by atoms with Crippen molar-refractivity contribution >= 4 is 0 Å². The van der Waals surface area contributed by atoms with Crippen LogP contribution in [0.5, 0.6) is 0 Å². The zero-order valence-corrected chi connectivity index (χ0v) is 27.3. The van der Waals surface area contributed by atoms with E-state index < -0.39 is 0 Å². The summed E-state index contributed by atoms with van der Waals surface area (Å²) in [5, 5.41) is 0. The van der Waals surface area contributed by atoms with E-state index in [1.54, 1.807) is 0 Å². The second kappa shape index (κ2) is 33.2. The second-order valence-electron chi connectivity index (χ2n) is 12.2. The van der Waals surface area contributed by atoms with Crippen molar-refractivity contribution in [2.45, 2.75) is 168 Å². The maximum atomic E-state index is 6.00. The fraction of sp³-hybridized carbons (Fsp3) is 0.838. The summed E-state index contributed by atoms with van der Waals surface area (Å²) in [5.41, 5.74) is 0. The molecule has 0 rings (SSSR count). The van der Waals surface area contributed by atoms with Crippen molar-refractivity contribution in [3.05, 3.63) is 36.6 Å². The Kier molecular flexibility index (Phi) is 32.3. The van der Waals surface area contributed by atoms with Gasteiger partial charge in [0.05, 0.1) is 12.9 Å². The van der Waals surface area contributed by atoms with E-state index in [2.05, 4.69) is 63.2 Å². The third kappa shape index (κ3) is 33.1. The minimum absolute atomic E-state index is 0.738. The Morgan fingerprint density at radius 2 is 0.974 bits per heavy atom. The largest absolute Gasteiger partial charge is 0.501 e.